The number of benzene rings is 1. The van der Waals surface area contributed by atoms with Crippen molar-refractivity contribution in [3.05, 3.63) is 28.3 Å². The number of anilines is 1. The van der Waals surface area contributed by atoms with E-state index in [-0.39, 0.29) is 5.33 Å². The van der Waals surface area contributed by atoms with E-state index in [1.807, 2.05) is 6.07 Å². The van der Waals surface area contributed by atoms with Gasteiger partial charge in [0.1, 0.15) is 11.7 Å². The Kier molecular flexibility index (Phi) is 4.74. The van der Waals surface area contributed by atoms with E-state index in [0.29, 0.717) is 21.8 Å². The number of rotatable bonds is 3. The molecule has 0 aromatic heterocycles. The molecule has 1 aromatic rings. The van der Waals surface area contributed by atoms with Crippen molar-refractivity contribution in [3.63, 3.8) is 0 Å². The second-order valence-corrected chi connectivity index (χ2v) is 5.01. The summed E-state index contributed by atoms with van der Waals surface area (Å²) in [5.41, 5.74) is -0.0913. The van der Waals surface area contributed by atoms with Crippen LogP contribution in [-0.4, -0.2) is 21.9 Å². The first kappa shape index (κ1) is 15.0. The van der Waals surface area contributed by atoms with E-state index in [1.54, 1.807) is 13.0 Å². The molecule has 0 aliphatic carbocycles. The molecule has 1 amide bonds. The molecule has 1 aromatic carbocycles. The van der Waals surface area contributed by atoms with Crippen LogP contribution in [0, 0.1) is 18.3 Å². The molecule has 0 heterocycles. The van der Waals surface area contributed by atoms with Gasteiger partial charge in [0, 0.05) is 11.0 Å². The van der Waals surface area contributed by atoms with Crippen LogP contribution in [0.5, 0.6) is 0 Å². The first-order valence-electron chi connectivity index (χ1n) is 5.12. The molecule has 0 bridgehead atoms. The lowest BCUT2D eigenvalue weighted by Crippen LogP contribution is -2.41. The first-order chi connectivity index (χ1) is 8.33. The Bertz CT molecular complexity index is 524. The largest absolute Gasteiger partial charge is 0.379 e. The van der Waals surface area contributed by atoms with Crippen LogP contribution >= 0.6 is 27.5 Å². The fraction of sp³-hybridized carbons (Fsp3) is 0.333. The van der Waals surface area contributed by atoms with Crippen LogP contribution in [0.1, 0.15) is 18.1 Å². The minimum atomic E-state index is -1.51. The van der Waals surface area contributed by atoms with Crippen molar-refractivity contribution in [3.8, 4) is 6.07 Å². The Morgan fingerprint density at radius 1 is 1.67 bits per heavy atom. The van der Waals surface area contributed by atoms with Gasteiger partial charge in [-0.3, -0.25) is 4.79 Å². The molecule has 1 unspecified atom stereocenters. The molecular weight excluding hydrogens is 320 g/mol. The Balaban J connectivity index is 3.05. The van der Waals surface area contributed by atoms with Crippen LogP contribution in [0.3, 0.4) is 0 Å². The van der Waals surface area contributed by atoms with E-state index in [1.165, 1.54) is 13.0 Å². The van der Waals surface area contributed by atoms with Crippen LogP contribution in [0.4, 0.5) is 5.69 Å². The molecule has 0 saturated carbocycles. The third kappa shape index (κ3) is 3.02. The highest BCUT2D eigenvalue weighted by atomic mass is 79.9. The second-order valence-electron chi connectivity index (χ2n) is 4.07. The predicted octanol–water partition coefficient (Wildman–Crippen LogP) is 2.60. The van der Waals surface area contributed by atoms with Crippen LogP contribution in [0.15, 0.2) is 12.1 Å². The Morgan fingerprint density at radius 3 is 2.78 bits per heavy atom. The molecule has 0 fully saturated rings. The molecule has 0 aliphatic rings. The number of nitrogens with zero attached hydrogens (tertiary/aromatic N) is 1. The molecular formula is C12H12BrClN2O2. The second kappa shape index (κ2) is 5.70. The number of aliphatic hydroxyl groups is 1. The molecule has 0 radical (unpaired) electrons. The maximum atomic E-state index is 11.8. The molecule has 0 spiro atoms. The van der Waals surface area contributed by atoms with Gasteiger partial charge in [-0.1, -0.05) is 27.5 Å². The molecule has 1 atom stereocenters. The molecule has 18 heavy (non-hydrogen) atoms. The molecule has 0 saturated heterocycles. The van der Waals surface area contributed by atoms with E-state index >= 15 is 0 Å². The number of carbonyl (C=O) groups excluding carboxylic acids is 1. The number of alkyl halides is 1. The van der Waals surface area contributed by atoms with Crippen LogP contribution in [0.25, 0.3) is 0 Å². The Hall–Kier alpha value is -1.09. The lowest BCUT2D eigenvalue weighted by Gasteiger charge is -2.20. The van der Waals surface area contributed by atoms with E-state index in [4.69, 9.17) is 16.9 Å². The van der Waals surface area contributed by atoms with Gasteiger partial charge in [-0.05, 0) is 31.5 Å². The topological polar surface area (TPSA) is 73.1 Å². The summed E-state index contributed by atoms with van der Waals surface area (Å²) in [5, 5.41) is 21.6. The molecule has 96 valence electrons. The first-order valence-corrected chi connectivity index (χ1v) is 6.62. The number of carbonyl (C=O) groups is 1. The zero-order valence-corrected chi connectivity index (χ0v) is 12.3. The summed E-state index contributed by atoms with van der Waals surface area (Å²) in [5.74, 6) is -0.539. The maximum absolute atomic E-state index is 11.8. The van der Waals surface area contributed by atoms with Crippen molar-refractivity contribution in [2.75, 3.05) is 10.6 Å². The number of amides is 1. The quantitative estimate of drug-likeness (QED) is 0.836. The average molecular weight is 332 g/mol. The minimum absolute atomic E-state index is 0.120. The number of halogens is 2. The van der Waals surface area contributed by atoms with Gasteiger partial charge in [0.15, 0.2) is 0 Å². The molecule has 2 N–H and O–H groups in total. The number of hydrogen-bond acceptors (Lipinski definition) is 3. The molecule has 1 rings (SSSR count). The van der Waals surface area contributed by atoms with Crippen molar-refractivity contribution in [1.82, 2.24) is 0 Å². The zero-order valence-electron chi connectivity index (χ0n) is 9.92. The summed E-state index contributed by atoms with van der Waals surface area (Å²) in [6.45, 7) is 3.10. The fourth-order valence-corrected chi connectivity index (χ4v) is 1.69. The molecule has 0 aliphatic heterocycles. The third-order valence-corrected chi connectivity index (χ3v) is 4.08. The lowest BCUT2D eigenvalue weighted by atomic mass is 10.1. The van der Waals surface area contributed by atoms with Crippen molar-refractivity contribution >= 4 is 39.1 Å². The van der Waals surface area contributed by atoms with Gasteiger partial charge in [0.05, 0.1) is 10.6 Å². The monoisotopic (exact) mass is 330 g/mol. The number of nitrogens with one attached hydrogen (secondary N) is 1. The summed E-state index contributed by atoms with van der Waals surface area (Å²) in [6.07, 6.45) is 0. The predicted molar refractivity (Wildman–Crippen MR) is 74.0 cm³/mol. The highest BCUT2D eigenvalue weighted by Gasteiger charge is 2.29. The smallest absolute Gasteiger partial charge is 0.256 e. The van der Waals surface area contributed by atoms with Gasteiger partial charge >= 0.3 is 0 Å². The van der Waals surface area contributed by atoms with E-state index in [9.17, 15) is 9.90 Å². The minimum Gasteiger partial charge on any atom is -0.379 e. The normalized spacial score (nSPS) is 13.6. The van der Waals surface area contributed by atoms with Gasteiger partial charge in [-0.2, -0.15) is 5.26 Å². The van der Waals surface area contributed by atoms with Crippen LogP contribution in [-0.2, 0) is 4.79 Å². The van der Waals surface area contributed by atoms with Gasteiger partial charge < -0.3 is 10.4 Å². The zero-order chi connectivity index (χ0) is 13.9. The van der Waals surface area contributed by atoms with Gasteiger partial charge in [0.25, 0.3) is 5.91 Å². The van der Waals surface area contributed by atoms with Gasteiger partial charge in [0.2, 0.25) is 0 Å². The van der Waals surface area contributed by atoms with Crippen molar-refractivity contribution < 1.29 is 9.90 Å². The highest BCUT2D eigenvalue weighted by Crippen LogP contribution is 2.27. The third-order valence-electron chi connectivity index (χ3n) is 2.50. The molecule has 6 heteroatoms. The SMILES string of the molecule is Cc1c(NC(=O)C(C)(O)CBr)ccc(C#N)c1Cl. The molecule has 4 nitrogen and oxygen atoms in total. The summed E-state index contributed by atoms with van der Waals surface area (Å²) < 4.78 is 0. The average Bonchev–Trinajstić information content (AvgIpc) is 2.35. The fourth-order valence-electron chi connectivity index (χ4n) is 1.22. The van der Waals surface area contributed by atoms with Crippen molar-refractivity contribution in [2.45, 2.75) is 19.4 Å². The van der Waals surface area contributed by atoms with Crippen LogP contribution < -0.4 is 5.32 Å². The summed E-state index contributed by atoms with van der Waals surface area (Å²) in [6, 6.07) is 5.06. The Labute approximate surface area is 119 Å². The Morgan fingerprint density at radius 2 is 2.28 bits per heavy atom. The van der Waals surface area contributed by atoms with Crippen molar-refractivity contribution in [1.29, 1.82) is 5.26 Å². The van der Waals surface area contributed by atoms with E-state index in [2.05, 4.69) is 21.2 Å². The van der Waals surface area contributed by atoms with Gasteiger partial charge in [-0.15, -0.1) is 0 Å². The number of nitriles is 1. The maximum Gasteiger partial charge on any atom is 0.256 e. The summed E-state index contributed by atoms with van der Waals surface area (Å²) >= 11 is 9.05. The van der Waals surface area contributed by atoms with Gasteiger partial charge in [-0.25, -0.2) is 0 Å². The van der Waals surface area contributed by atoms with E-state index in [0.717, 1.165) is 0 Å². The van der Waals surface area contributed by atoms with Crippen molar-refractivity contribution in [2.24, 2.45) is 0 Å². The summed E-state index contributed by atoms with van der Waals surface area (Å²) in [4.78, 5) is 11.8. The van der Waals surface area contributed by atoms with Crippen LogP contribution in [0.2, 0.25) is 5.02 Å². The summed E-state index contributed by atoms with van der Waals surface area (Å²) in [7, 11) is 0. The van der Waals surface area contributed by atoms with E-state index < -0.39 is 11.5 Å². The highest BCUT2D eigenvalue weighted by molar-refractivity contribution is 9.09. The number of hydrogen-bond donors (Lipinski definition) is 2. The lowest BCUT2D eigenvalue weighted by molar-refractivity contribution is -0.130. The standard InChI is InChI=1S/C12H12BrClN2O2/c1-7-9(4-3-8(5-15)10(7)14)16-11(17)12(2,18)6-13/h3-4,18H,6H2,1-2H3,(H,16,17).